The maximum Gasteiger partial charge on any atom is 0.0418 e. The Bertz CT molecular complexity index is 566. The summed E-state index contributed by atoms with van der Waals surface area (Å²) in [6.07, 6.45) is 2.61. The normalized spacial score (nSPS) is 16.8. The molecule has 19 heavy (non-hydrogen) atoms. The molecule has 1 saturated carbocycles. The molecule has 1 heterocycles. The molecule has 1 nitrogen and oxygen atoms in total. The monoisotopic (exact) mass is 271 g/mol. The van der Waals surface area contributed by atoms with Crippen LogP contribution in [0.2, 0.25) is 0 Å². The van der Waals surface area contributed by atoms with Crippen molar-refractivity contribution >= 4 is 11.3 Å². The Morgan fingerprint density at radius 1 is 1.11 bits per heavy atom. The summed E-state index contributed by atoms with van der Waals surface area (Å²) in [6, 6.07) is 13.4. The molecule has 1 aliphatic carbocycles. The van der Waals surface area contributed by atoms with Crippen molar-refractivity contribution in [3.8, 4) is 10.4 Å². The van der Waals surface area contributed by atoms with Crippen LogP contribution in [0.15, 0.2) is 36.4 Å². The topological polar surface area (TPSA) is 26.0 Å². The second-order valence-electron chi connectivity index (χ2n) is 5.81. The smallest absolute Gasteiger partial charge is 0.0418 e. The van der Waals surface area contributed by atoms with Crippen molar-refractivity contribution < 1.29 is 0 Å². The summed E-state index contributed by atoms with van der Waals surface area (Å²) < 4.78 is 0. The SMILES string of the molecule is CC(C)c1ccccc1-c1ccc(C(N)C2CC2)s1. The van der Waals surface area contributed by atoms with E-state index in [2.05, 4.69) is 50.2 Å². The zero-order valence-corrected chi connectivity index (χ0v) is 12.4. The molecule has 2 aromatic rings. The van der Waals surface area contributed by atoms with Gasteiger partial charge in [0.05, 0.1) is 0 Å². The molecule has 0 radical (unpaired) electrons. The van der Waals surface area contributed by atoms with Crippen LogP contribution in [0, 0.1) is 5.92 Å². The van der Waals surface area contributed by atoms with Crippen LogP contribution < -0.4 is 5.73 Å². The highest BCUT2D eigenvalue weighted by Gasteiger charge is 2.30. The number of thiophene rings is 1. The van der Waals surface area contributed by atoms with Crippen molar-refractivity contribution in [2.24, 2.45) is 11.7 Å². The first-order valence-electron chi connectivity index (χ1n) is 7.11. The lowest BCUT2D eigenvalue weighted by Crippen LogP contribution is -2.10. The van der Waals surface area contributed by atoms with E-state index in [9.17, 15) is 0 Å². The van der Waals surface area contributed by atoms with Crippen LogP contribution in [-0.4, -0.2) is 0 Å². The van der Waals surface area contributed by atoms with Crippen LogP contribution in [0.4, 0.5) is 0 Å². The Morgan fingerprint density at radius 3 is 2.53 bits per heavy atom. The molecule has 0 saturated heterocycles. The second kappa shape index (κ2) is 5.10. The third-order valence-electron chi connectivity index (χ3n) is 3.93. The summed E-state index contributed by atoms with van der Waals surface area (Å²) >= 11 is 1.87. The van der Waals surface area contributed by atoms with Gasteiger partial charge in [0.15, 0.2) is 0 Å². The van der Waals surface area contributed by atoms with E-state index in [1.54, 1.807) is 0 Å². The van der Waals surface area contributed by atoms with Gasteiger partial charge in [0, 0.05) is 15.8 Å². The minimum absolute atomic E-state index is 0.255. The molecule has 0 spiro atoms. The molecule has 2 N–H and O–H groups in total. The van der Waals surface area contributed by atoms with Crippen molar-refractivity contribution in [3.05, 3.63) is 46.8 Å². The van der Waals surface area contributed by atoms with E-state index in [0.29, 0.717) is 5.92 Å². The van der Waals surface area contributed by atoms with Crippen LogP contribution >= 0.6 is 11.3 Å². The number of benzene rings is 1. The van der Waals surface area contributed by atoms with Gasteiger partial charge >= 0.3 is 0 Å². The summed E-state index contributed by atoms with van der Waals surface area (Å²) in [5, 5.41) is 0. The number of hydrogen-bond acceptors (Lipinski definition) is 2. The molecule has 1 fully saturated rings. The lowest BCUT2D eigenvalue weighted by atomic mass is 9.96. The maximum absolute atomic E-state index is 6.30. The van der Waals surface area contributed by atoms with Crippen LogP contribution in [0.25, 0.3) is 10.4 Å². The van der Waals surface area contributed by atoms with Gasteiger partial charge < -0.3 is 5.73 Å². The Labute approximate surface area is 119 Å². The standard InChI is InChI=1S/C17H21NS/c1-11(2)13-5-3-4-6-14(13)15-9-10-16(19-15)17(18)12-7-8-12/h3-6,9-12,17H,7-8,18H2,1-2H3. The van der Waals surface area contributed by atoms with E-state index in [1.807, 2.05) is 11.3 Å². The van der Waals surface area contributed by atoms with Gasteiger partial charge in [-0.3, -0.25) is 0 Å². The Kier molecular flexibility index (Phi) is 3.46. The summed E-state index contributed by atoms with van der Waals surface area (Å²) in [5.74, 6) is 1.28. The van der Waals surface area contributed by atoms with Gasteiger partial charge in [-0.2, -0.15) is 0 Å². The van der Waals surface area contributed by atoms with E-state index in [1.165, 1.54) is 33.7 Å². The number of nitrogens with two attached hydrogens (primary N) is 1. The van der Waals surface area contributed by atoms with Gasteiger partial charge in [0.1, 0.15) is 0 Å². The first-order chi connectivity index (χ1) is 9.16. The quantitative estimate of drug-likeness (QED) is 0.836. The van der Waals surface area contributed by atoms with E-state index in [-0.39, 0.29) is 6.04 Å². The zero-order chi connectivity index (χ0) is 13.4. The van der Waals surface area contributed by atoms with Crippen molar-refractivity contribution in [2.75, 3.05) is 0 Å². The molecule has 0 bridgehead atoms. The zero-order valence-electron chi connectivity index (χ0n) is 11.6. The van der Waals surface area contributed by atoms with Crippen LogP contribution in [0.5, 0.6) is 0 Å². The van der Waals surface area contributed by atoms with Crippen LogP contribution in [-0.2, 0) is 0 Å². The summed E-state index contributed by atoms with van der Waals surface area (Å²) in [6.45, 7) is 4.51. The highest BCUT2D eigenvalue weighted by molar-refractivity contribution is 7.15. The van der Waals surface area contributed by atoms with Gasteiger partial charge in [-0.1, -0.05) is 38.1 Å². The van der Waals surface area contributed by atoms with Crippen molar-refractivity contribution in [1.82, 2.24) is 0 Å². The minimum Gasteiger partial charge on any atom is -0.323 e. The van der Waals surface area contributed by atoms with E-state index < -0.39 is 0 Å². The number of hydrogen-bond donors (Lipinski definition) is 1. The van der Waals surface area contributed by atoms with Gasteiger partial charge in [0.25, 0.3) is 0 Å². The molecule has 1 aromatic carbocycles. The van der Waals surface area contributed by atoms with E-state index >= 15 is 0 Å². The molecule has 0 amide bonds. The fraction of sp³-hybridized carbons (Fsp3) is 0.412. The highest BCUT2D eigenvalue weighted by atomic mass is 32.1. The molecular weight excluding hydrogens is 250 g/mol. The molecule has 100 valence electrons. The molecule has 0 aliphatic heterocycles. The Morgan fingerprint density at radius 2 is 1.84 bits per heavy atom. The predicted molar refractivity (Wildman–Crippen MR) is 83.5 cm³/mol. The third kappa shape index (κ3) is 2.60. The molecule has 1 atom stereocenters. The first kappa shape index (κ1) is 12.9. The summed E-state index contributed by atoms with van der Waals surface area (Å²) in [5.41, 5.74) is 9.10. The molecular formula is C17H21NS. The highest BCUT2D eigenvalue weighted by Crippen LogP contribution is 2.43. The van der Waals surface area contributed by atoms with Gasteiger partial charge in [0.2, 0.25) is 0 Å². The first-order valence-corrected chi connectivity index (χ1v) is 7.93. The van der Waals surface area contributed by atoms with Gasteiger partial charge in [-0.05, 0) is 47.9 Å². The lowest BCUT2D eigenvalue weighted by Gasteiger charge is -2.11. The molecule has 3 rings (SSSR count). The average Bonchev–Trinajstić information content (AvgIpc) is 3.15. The van der Waals surface area contributed by atoms with Gasteiger partial charge in [-0.25, -0.2) is 0 Å². The van der Waals surface area contributed by atoms with Crippen LogP contribution in [0.1, 0.15) is 49.1 Å². The second-order valence-corrected chi connectivity index (χ2v) is 6.92. The predicted octanol–water partition coefficient (Wildman–Crippen LogP) is 4.95. The Hall–Kier alpha value is -1.12. The van der Waals surface area contributed by atoms with Crippen molar-refractivity contribution in [1.29, 1.82) is 0 Å². The fourth-order valence-corrected chi connectivity index (χ4v) is 3.74. The largest absolute Gasteiger partial charge is 0.323 e. The van der Waals surface area contributed by atoms with Crippen molar-refractivity contribution in [2.45, 2.75) is 38.6 Å². The summed E-state index contributed by atoms with van der Waals surface area (Å²) in [7, 11) is 0. The molecule has 2 heteroatoms. The third-order valence-corrected chi connectivity index (χ3v) is 5.15. The fourth-order valence-electron chi connectivity index (χ4n) is 2.59. The average molecular weight is 271 g/mol. The van der Waals surface area contributed by atoms with E-state index in [0.717, 1.165) is 5.92 Å². The molecule has 1 aliphatic rings. The van der Waals surface area contributed by atoms with E-state index in [4.69, 9.17) is 5.73 Å². The molecule has 1 unspecified atom stereocenters. The molecule has 1 aromatic heterocycles. The minimum atomic E-state index is 0.255. The number of rotatable bonds is 4. The lowest BCUT2D eigenvalue weighted by molar-refractivity contribution is 0.645. The van der Waals surface area contributed by atoms with Gasteiger partial charge in [-0.15, -0.1) is 11.3 Å². The summed E-state index contributed by atoms with van der Waals surface area (Å²) in [4.78, 5) is 2.70. The maximum atomic E-state index is 6.30. The van der Waals surface area contributed by atoms with Crippen LogP contribution in [0.3, 0.4) is 0 Å². The Balaban J connectivity index is 1.94. The van der Waals surface area contributed by atoms with Crippen molar-refractivity contribution in [3.63, 3.8) is 0 Å².